The summed E-state index contributed by atoms with van der Waals surface area (Å²) in [7, 11) is 0. The van der Waals surface area contributed by atoms with Crippen LogP contribution in [0, 0.1) is 11.6 Å². The largest absolute Gasteiger partial charge is 0.450 e. The van der Waals surface area contributed by atoms with Crippen LogP contribution in [0.3, 0.4) is 0 Å². The van der Waals surface area contributed by atoms with Gasteiger partial charge in [-0.25, -0.2) is 18.4 Å². The van der Waals surface area contributed by atoms with Gasteiger partial charge in [0.1, 0.15) is 28.9 Å². The summed E-state index contributed by atoms with van der Waals surface area (Å²) in [6.07, 6.45) is -3.02. The molecule has 0 saturated heterocycles. The first kappa shape index (κ1) is 44.8. The van der Waals surface area contributed by atoms with E-state index < -0.39 is 71.0 Å². The molecule has 15 heteroatoms. The fraction of sp³-hybridized carbons (Fsp3) is 0.439. The van der Waals surface area contributed by atoms with Gasteiger partial charge in [0.2, 0.25) is 6.10 Å². The Balaban J connectivity index is 1.81. The molecule has 0 aliphatic heterocycles. The van der Waals surface area contributed by atoms with Crippen molar-refractivity contribution in [2.75, 3.05) is 18.5 Å². The molecule has 56 heavy (non-hydrogen) atoms. The van der Waals surface area contributed by atoms with Crippen molar-refractivity contribution in [3.8, 4) is 0 Å². The molecule has 0 aliphatic rings. The number of hydrogen-bond donors (Lipinski definition) is 4. The second-order valence-corrected chi connectivity index (χ2v) is 15.0. The molecule has 0 aliphatic carbocycles. The Hall–Kier alpha value is -5.57. The van der Waals surface area contributed by atoms with Gasteiger partial charge >= 0.3 is 18.2 Å². The minimum Gasteiger partial charge on any atom is -0.450 e. The van der Waals surface area contributed by atoms with Gasteiger partial charge < -0.3 is 40.2 Å². The van der Waals surface area contributed by atoms with Crippen molar-refractivity contribution in [2.45, 2.75) is 104 Å². The molecule has 4 amide bonds. The molecular formula is C41H52F2N4O9. The van der Waals surface area contributed by atoms with Gasteiger partial charge in [0, 0.05) is 24.2 Å². The second kappa shape index (κ2) is 20.9. The van der Waals surface area contributed by atoms with Crippen LogP contribution in [0.25, 0.3) is 0 Å². The first-order chi connectivity index (χ1) is 26.3. The summed E-state index contributed by atoms with van der Waals surface area (Å²) in [6.45, 7) is 11.4. The van der Waals surface area contributed by atoms with E-state index >= 15 is 0 Å². The van der Waals surface area contributed by atoms with Crippen LogP contribution in [0.4, 0.5) is 24.1 Å². The number of nitrogens with one attached hydrogen (secondary N) is 4. The van der Waals surface area contributed by atoms with Gasteiger partial charge in [0.15, 0.2) is 0 Å². The van der Waals surface area contributed by atoms with Crippen LogP contribution < -0.4 is 21.3 Å². The maximum atomic E-state index is 14.5. The average Bonchev–Trinajstić information content (AvgIpc) is 3.09. The number of amides is 4. The first-order valence-electron chi connectivity index (χ1n) is 18.2. The van der Waals surface area contributed by atoms with E-state index in [0.717, 1.165) is 23.8 Å². The Morgan fingerprint density at radius 1 is 0.786 bits per heavy atom. The number of hydrogen-bond acceptors (Lipinski definition) is 9. The minimum absolute atomic E-state index is 0.000894. The molecule has 304 valence electrons. The maximum Gasteiger partial charge on any atom is 0.408 e. The molecule has 3 aromatic rings. The van der Waals surface area contributed by atoms with E-state index in [2.05, 4.69) is 21.3 Å². The third-order valence-corrected chi connectivity index (χ3v) is 7.54. The number of benzene rings is 3. The van der Waals surface area contributed by atoms with E-state index in [9.17, 15) is 32.8 Å². The standard InChI is InChI=1S/C41H52F2N4O9/c1-8-13-34(48)54-35(33(47-39(52)56-41(5,6)7)25-53-24-26-14-10-9-11-15-26)37(50)45-30-17-12-16-27(21-30)36(49)44-23-31(46-38(51)55-40(2,3)4)22-28-20-29(42)18-19-32(28)43/h9-12,14-21,31,33,35H,8,13,22-25H2,1-7H3,(H,44,49)(H,45,50)(H,46,51)(H,47,52)/t31?,33-,35+/m1/s1. The maximum absolute atomic E-state index is 14.5. The monoisotopic (exact) mass is 782 g/mol. The highest BCUT2D eigenvalue weighted by molar-refractivity contribution is 5.99. The number of anilines is 1. The van der Waals surface area contributed by atoms with E-state index in [-0.39, 0.29) is 49.4 Å². The highest BCUT2D eigenvalue weighted by Gasteiger charge is 2.35. The number of carbonyl (C=O) groups excluding carboxylic acids is 5. The fourth-order valence-electron chi connectivity index (χ4n) is 5.15. The number of halogens is 2. The van der Waals surface area contributed by atoms with Gasteiger partial charge in [0.25, 0.3) is 11.8 Å². The molecular weight excluding hydrogens is 730 g/mol. The number of ether oxygens (including phenoxy) is 4. The predicted molar refractivity (Wildman–Crippen MR) is 205 cm³/mol. The Morgan fingerprint density at radius 2 is 1.45 bits per heavy atom. The van der Waals surface area contributed by atoms with Crippen molar-refractivity contribution in [3.05, 3.63) is 101 Å². The first-order valence-corrected chi connectivity index (χ1v) is 18.2. The Kier molecular flexibility index (Phi) is 16.8. The van der Waals surface area contributed by atoms with E-state index in [1.54, 1.807) is 48.5 Å². The third-order valence-electron chi connectivity index (χ3n) is 7.54. The lowest BCUT2D eigenvalue weighted by Crippen LogP contribution is -2.54. The molecule has 3 atom stereocenters. The van der Waals surface area contributed by atoms with E-state index in [0.29, 0.717) is 6.42 Å². The molecule has 4 N–H and O–H groups in total. The summed E-state index contributed by atoms with van der Waals surface area (Å²) in [4.78, 5) is 65.5. The zero-order valence-electron chi connectivity index (χ0n) is 32.8. The zero-order valence-corrected chi connectivity index (χ0v) is 32.8. The number of carbonyl (C=O) groups is 5. The molecule has 0 bridgehead atoms. The molecule has 3 aromatic carbocycles. The SMILES string of the molecule is CCCC(=O)O[C@H](C(=O)Nc1cccc(C(=O)NCC(Cc2cc(F)ccc2F)NC(=O)OC(C)(C)C)c1)[C@@H](COCc1ccccc1)NC(=O)OC(C)(C)C. The van der Waals surface area contributed by atoms with Crippen LogP contribution in [-0.2, 0) is 41.6 Å². The summed E-state index contributed by atoms with van der Waals surface area (Å²) in [5, 5.41) is 10.5. The van der Waals surface area contributed by atoms with Crippen molar-refractivity contribution >= 4 is 35.7 Å². The zero-order chi connectivity index (χ0) is 41.5. The average molecular weight is 783 g/mol. The topological polar surface area (TPSA) is 170 Å². The fourth-order valence-corrected chi connectivity index (χ4v) is 5.15. The lowest BCUT2D eigenvalue weighted by atomic mass is 10.0. The molecule has 0 aromatic heterocycles. The van der Waals surface area contributed by atoms with E-state index in [1.807, 2.05) is 30.3 Å². The van der Waals surface area contributed by atoms with Crippen LogP contribution in [0.2, 0.25) is 0 Å². The Morgan fingerprint density at radius 3 is 2.09 bits per heavy atom. The molecule has 0 heterocycles. The van der Waals surface area contributed by atoms with Crippen molar-refractivity contribution in [3.63, 3.8) is 0 Å². The molecule has 0 radical (unpaired) electrons. The summed E-state index contributed by atoms with van der Waals surface area (Å²) >= 11 is 0. The second-order valence-electron chi connectivity index (χ2n) is 15.0. The van der Waals surface area contributed by atoms with Gasteiger partial charge in [-0.1, -0.05) is 43.3 Å². The quantitative estimate of drug-likeness (QED) is 0.0872. The van der Waals surface area contributed by atoms with Crippen LogP contribution in [0.1, 0.15) is 82.8 Å². The van der Waals surface area contributed by atoms with Crippen molar-refractivity contribution in [2.24, 2.45) is 0 Å². The smallest absolute Gasteiger partial charge is 0.408 e. The van der Waals surface area contributed by atoms with Crippen LogP contribution in [0.5, 0.6) is 0 Å². The molecule has 13 nitrogen and oxygen atoms in total. The lowest BCUT2D eigenvalue weighted by molar-refractivity contribution is -0.157. The van der Waals surface area contributed by atoms with Crippen molar-refractivity contribution in [1.29, 1.82) is 0 Å². The van der Waals surface area contributed by atoms with Gasteiger partial charge in [-0.2, -0.15) is 0 Å². The summed E-state index contributed by atoms with van der Waals surface area (Å²) in [5.41, 5.74) is -0.685. The normalized spacial score (nSPS) is 13.0. The third kappa shape index (κ3) is 16.4. The van der Waals surface area contributed by atoms with Gasteiger partial charge in [-0.3, -0.25) is 14.4 Å². The molecule has 1 unspecified atom stereocenters. The molecule has 0 fully saturated rings. The van der Waals surface area contributed by atoms with E-state index in [1.165, 1.54) is 24.3 Å². The number of rotatable bonds is 17. The molecule has 0 saturated carbocycles. The molecule has 0 spiro atoms. The highest BCUT2D eigenvalue weighted by atomic mass is 19.1. The number of esters is 1. The Labute approximate surface area is 326 Å². The Bertz CT molecular complexity index is 1800. The van der Waals surface area contributed by atoms with Gasteiger partial charge in [-0.05, 0) is 102 Å². The summed E-state index contributed by atoms with van der Waals surface area (Å²) in [5.74, 6) is -3.50. The van der Waals surface area contributed by atoms with E-state index in [4.69, 9.17) is 18.9 Å². The number of alkyl carbamates (subject to hydrolysis) is 2. The van der Waals surface area contributed by atoms with Crippen LogP contribution in [0.15, 0.2) is 72.8 Å². The summed E-state index contributed by atoms with van der Waals surface area (Å²) in [6, 6.07) is 15.9. The van der Waals surface area contributed by atoms with Crippen LogP contribution >= 0.6 is 0 Å². The van der Waals surface area contributed by atoms with Crippen LogP contribution in [-0.4, -0.2) is 72.5 Å². The predicted octanol–water partition coefficient (Wildman–Crippen LogP) is 6.59. The lowest BCUT2D eigenvalue weighted by Gasteiger charge is -2.28. The molecule has 3 rings (SSSR count). The van der Waals surface area contributed by atoms with Gasteiger partial charge in [0.05, 0.1) is 19.3 Å². The van der Waals surface area contributed by atoms with Crippen molar-refractivity contribution in [1.82, 2.24) is 16.0 Å². The summed E-state index contributed by atoms with van der Waals surface area (Å²) < 4.78 is 50.7. The minimum atomic E-state index is -1.59. The van der Waals surface area contributed by atoms with Gasteiger partial charge in [-0.15, -0.1) is 0 Å². The highest BCUT2D eigenvalue weighted by Crippen LogP contribution is 2.17. The van der Waals surface area contributed by atoms with Crippen molar-refractivity contribution < 1.29 is 51.7 Å².